The van der Waals surface area contributed by atoms with E-state index in [2.05, 4.69) is 57.0 Å². The van der Waals surface area contributed by atoms with E-state index in [1.54, 1.807) is 0 Å². The van der Waals surface area contributed by atoms with Gasteiger partial charge in [-0.3, -0.25) is 9.59 Å². The smallest absolute Gasteiger partial charge is 0.407 e. The number of methoxy groups -OCH3 is 2. The van der Waals surface area contributed by atoms with Crippen molar-refractivity contribution in [1.82, 2.24) is 40.4 Å². The topological polar surface area (TPSA) is 175 Å². The molecule has 2 fully saturated rings. The van der Waals surface area contributed by atoms with E-state index >= 15 is 0 Å². The maximum Gasteiger partial charge on any atom is 0.407 e. The normalized spacial score (nSPS) is 18.9. The molecule has 4 N–H and O–H groups in total. The average molecular weight is 793 g/mol. The number of carbonyl (C=O) groups excluding carboxylic acids is 4. The summed E-state index contributed by atoms with van der Waals surface area (Å²) < 4.78 is 9.57. The predicted molar refractivity (Wildman–Crippen MR) is 219 cm³/mol. The SMILES string of the molecule is COC(=O)N[C@H](C(=O)N1CCC[C@H]1c1ncc(-c2ccc(-c3ccc(-c4cnc([C@@H]5CCCN5C(=O)[C@@H](NC(=O)OC)C(C)C)[nH]4)c4c3CCCC4)cc2)[nH]1)C(C)C. The molecule has 4 heterocycles. The molecule has 2 saturated heterocycles. The van der Waals surface area contributed by atoms with Gasteiger partial charge in [0.2, 0.25) is 11.8 Å². The molecular weight excluding hydrogens is 737 g/mol. The van der Waals surface area contributed by atoms with Crippen LogP contribution in [0, 0.1) is 11.8 Å². The molecule has 4 amide bonds. The molecule has 58 heavy (non-hydrogen) atoms. The molecule has 308 valence electrons. The first-order valence-electron chi connectivity index (χ1n) is 20.6. The fraction of sp³-hybridized carbons (Fsp3) is 0.500. The number of rotatable bonds is 11. The van der Waals surface area contributed by atoms with E-state index in [0.717, 1.165) is 91.1 Å². The molecule has 0 bridgehead atoms. The molecule has 14 heteroatoms. The number of ether oxygens (including phenoxy) is 2. The van der Waals surface area contributed by atoms with Crippen molar-refractivity contribution in [2.45, 2.75) is 103 Å². The molecule has 2 aliphatic heterocycles. The molecular formula is C44H56N8O6. The van der Waals surface area contributed by atoms with Crippen molar-refractivity contribution in [2.24, 2.45) is 11.8 Å². The molecule has 4 aromatic rings. The molecule has 0 radical (unpaired) electrons. The van der Waals surface area contributed by atoms with Gasteiger partial charge in [-0.15, -0.1) is 0 Å². The molecule has 1 aliphatic carbocycles. The Hall–Kier alpha value is -5.66. The lowest BCUT2D eigenvalue weighted by molar-refractivity contribution is -0.136. The molecule has 2 aromatic carbocycles. The second-order valence-electron chi connectivity index (χ2n) is 16.4. The van der Waals surface area contributed by atoms with E-state index in [9.17, 15) is 19.2 Å². The van der Waals surface area contributed by atoms with Gasteiger partial charge in [0.15, 0.2) is 0 Å². The molecule has 0 spiro atoms. The highest BCUT2D eigenvalue weighted by Gasteiger charge is 2.39. The van der Waals surface area contributed by atoms with Crippen molar-refractivity contribution in [1.29, 1.82) is 0 Å². The van der Waals surface area contributed by atoms with Crippen molar-refractivity contribution in [2.75, 3.05) is 27.3 Å². The minimum Gasteiger partial charge on any atom is -0.453 e. The highest BCUT2D eigenvalue weighted by atomic mass is 16.5. The van der Waals surface area contributed by atoms with Crippen LogP contribution in [0.3, 0.4) is 0 Å². The third-order valence-corrected chi connectivity index (χ3v) is 12.0. The summed E-state index contributed by atoms with van der Waals surface area (Å²) in [6.45, 7) is 8.85. The Kier molecular flexibility index (Phi) is 12.2. The van der Waals surface area contributed by atoms with Crippen molar-refractivity contribution >= 4 is 24.0 Å². The number of fused-ring (bicyclic) bond motifs is 1. The molecule has 3 aliphatic rings. The monoisotopic (exact) mass is 792 g/mol. The molecule has 0 saturated carbocycles. The summed E-state index contributed by atoms with van der Waals surface area (Å²) in [6, 6.07) is 11.2. The van der Waals surface area contributed by atoms with Gasteiger partial charge in [-0.1, -0.05) is 64.1 Å². The number of carbonyl (C=O) groups is 4. The fourth-order valence-electron chi connectivity index (χ4n) is 8.90. The van der Waals surface area contributed by atoms with E-state index in [4.69, 9.17) is 19.4 Å². The van der Waals surface area contributed by atoms with Gasteiger partial charge in [0.25, 0.3) is 0 Å². The van der Waals surface area contributed by atoms with Crippen LogP contribution in [0.15, 0.2) is 48.8 Å². The van der Waals surface area contributed by atoms with Gasteiger partial charge in [-0.2, -0.15) is 0 Å². The molecule has 14 nitrogen and oxygen atoms in total. The second kappa shape index (κ2) is 17.5. The number of nitrogens with one attached hydrogen (secondary N) is 4. The fourth-order valence-corrected chi connectivity index (χ4v) is 8.90. The second-order valence-corrected chi connectivity index (χ2v) is 16.4. The van der Waals surface area contributed by atoms with E-state index < -0.39 is 24.3 Å². The number of imidazole rings is 2. The Bertz CT molecular complexity index is 2120. The van der Waals surface area contributed by atoms with Crippen molar-refractivity contribution in [3.63, 3.8) is 0 Å². The number of aromatic nitrogens is 4. The third kappa shape index (κ3) is 8.19. The number of amides is 4. The highest BCUT2D eigenvalue weighted by Crippen LogP contribution is 2.40. The summed E-state index contributed by atoms with van der Waals surface area (Å²) in [5, 5.41) is 5.44. The van der Waals surface area contributed by atoms with Crippen LogP contribution in [0.1, 0.15) is 101 Å². The third-order valence-electron chi connectivity index (χ3n) is 12.0. The van der Waals surface area contributed by atoms with Crippen LogP contribution in [0.5, 0.6) is 0 Å². The van der Waals surface area contributed by atoms with Gasteiger partial charge in [-0.05, 0) is 91.0 Å². The zero-order valence-electron chi connectivity index (χ0n) is 34.4. The highest BCUT2D eigenvalue weighted by molar-refractivity contribution is 5.87. The zero-order valence-corrected chi connectivity index (χ0v) is 34.4. The maximum atomic E-state index is 13.7. The number of hydrogen-bond acceptors (Lipinski definition) is 8. The number of nitrogens with zero attached hydrogens (tertiary/aromatic N) is 4. The number of aromatic amines is 2. The maximum absolute atomic E-state index is 13.7. The number of alkyl carbamates (subject to hydrolysis) is 2. The van der Waals surface area contributed by atoms with Gasteiger partial charge in [0.05, 0.1) is 50.1 Å². The van der Waals surface area contributed by atoms with Crippen molar-refractivity contribution < 1.29 is 28.7 Å². The molecule has 0 unspecified atom stereocenters. The van der Waals surface area contributed by atoms with Crippen LogP contribution < -0.4 is 10.6 Å². The number of likely N-dealkylation sites (tertiary alicyclic amines) is 2. The summed E-state index contributed by atoms with van der Waals surface area (Å²) in [4.78, 5) is 71.7. The lowest BCUT2D eigenvalue weighted by Crippen LogP contribution is -2.51. The first-order chi connectivity index (χ1) is 28.0. The van der Waals surface area contributed by atoms with Gasteiger partial charge >= 0.3 is 12.2 Å². The van der Waals surface area contributed by atoms with Crippen molar-refractivity contribution in [3.8, 4) is 33.6 Å². The van der Waals surface area contributed by atoms with Gasteiger partial charge < -0.3 is 39.9 Å². The Balaban J connectivity index is 1.08. The average Bonchev–Trinajstić information content (AvgIpc) is 4.08. The Morgan fingerprint density at radius 3 is 1.59 bits per heavy atom. The quantitative estimate of drug-likeness (QED) is 0.124. The standard InChI is InChI=1S/C44H56N8O6/c1-25(2)37(49-43(55)57-5)41(53)51-21-9-13-35(51)39-45-23-33(47-39)28-17-15-27(16-18-28)29-19-20-32(31-12-8-7-11-30(29)31)34-24-46-40(48-34)36-14-10-22-52(36)42(54)38(26(3)4)50-44(56)58-6/h15-20,23-26,35-38H,7-14,21-22H2,1-6H3,(H,45,47)(H,46,48)(H,49,55)(H,50,56)/t35-,36-,37-,38-/m0/s1. The number of H-pyrrole nitrogens is 2. The molecule has 7 rings (SSSR count). The van der Waals surface area contributed by atoms with Crippen LogP contribution in [-0.4, -0.2) is 93.1 Å². The largest absolute Gasteiger partial charge is 0.453 e. The first-order valence-corrected chi connectivity index (χ1v) is 20.6. The molecule has 2 aromatic heterocycles. The van der Waals surface area contributed by atoms with Crippen molar-refractivity contribution in [3.05, 3.63) is 71.6 Å². The van der Waals surface area contributed by atoms with E-state index in [-0.39, 0.29) is 35.7 Å². The minimum absolute atomic E-state index is 0.103. The van der Waals surface area contributed by atoms with Gasteiger partial charge in [0, 0.05) is 18.7 Å². The first kappa shape index (κ1) is 40.5. The Labute approximate surface area is 339 Å². The summed E-state index contributed by atoms with van der Waals surface area (Å²) in [7, 11) is 2.60. The van der Waals surface area contributed by atoms with E-state index in [1.807, 2.05) is 49.9 Å². The lowest BCUT2D eigenvalue weighted by atomic mass is 9.82. The van der Waals surface area contributed by atoms with Gasteiger partial charge in [-0.25, -0.2) is 19.6 Å². The summed E-state index contributed by atoms with van der Waals surface area (Å²) in [5.74, 6) is 1.03. The summed E-state index contributed by atoms with van der Waals surface area (Å²) in [5.41, 5.74) is 9.02. The zero-order chi connectivity index (χ0) is 41.1. The number of benzene rings is 2. The van der Waals surface area contributed by atoms with Gasteiger partial charge in [0.1, 0.15) is 23.7 Å². The number of hydrogen-bond donors (Lipinski definition) is 4. The van der Waals surface area contributed by atoms with E-state index in [1.165, 1.54) is 30.9 Å². The van der Waals surface area contributed by atoms with Crippen LogP contribution >= 0.6 is 0 Å². The predicted octanol–water partition coefficient (Wildman–Crippen LogP) is 7.10. The Morgan fingerprint density at radius 1 is 0.638 bits per heavy atom. The summed E-state index contributed by atoms with van der Waals surface area (Å²) in [6.07, 6.45) is 9.98. The lowest BCUT2D eigenvalue weighted by Gasteiger charge is -2.30. The minimum atomic E-state index is -0.686. The van der Waals surface area contributed by atoms with E-state index in [0.29, 0.717) is 13.1 Å². The van der Waals surface area contributed by atoms with Crippen LogP contribution in [0.4, 0.5) is 9.59 Å². The molecule has 4 atom stereocenters. The van der Waals surface area contributed by atoms with Crippen LogP contribution in [0.25, 0.3) is 33.6 Å². The summed E-state index contributed by atoms with van der Waals surface area (Å²) >= 11 is 0. The van der Waals surface area contributed by atoms with Crippen LogP contribution in [-0.2, 0) is 31.9 Å². The Morgan fingerprint density at radius 2 is 1.09 bits per heavy atom. The van der Waals surface area contributed by atoms with Crippen LogP contribution in [0.2, 0.25) is 0 Å².